The van der Waals surface area contributed by atoms with Crippen molar-refractivity contribution < 1.29 is 32.6 Å². The minimum atomic E-state index is -4.52. The second kappa shape index (κ2) is 9.16. The van der Waals surface area contributed by atoms with Gasteiger partial charge in [-0.05, 0) is 66.8 Å². The normalized spacial score (nSPS) is 15.8. The molecule has 1 aliphatic rings. The van der Waals surface area contributed by atoms with Gasteiger partial charge in [0.15, 0.2) is 6.61 Å². The van der Waals surface area contributed by atoms with E-state index in [1.807, 2.05) is 39.8 Å². The molecule has 3 rings (SSSR count). The van der Waals surface area contributed by atoms with Crippen molar-refractivity contribution in [3.63, 3.8) is 0 Å². The number of carbonyl (C=O) groups is 2. The van der Waals surface area contributed by atoms with E-state index in [0.29, 0.717) is 40.9 Å². The van der Waals surface area contributed by atoms with Gasteiger partial charge in [0.05, 0.1) is 0 Å². The standard InChI is InChI=1S/C26H28F3NO4/c1-6-30-21-12-18(16(3)9-20(21)25(4,5)13-23(30)31)19-11-17(15(2)10-24(32)33)7-8-22(19)34-14-26(27,28)29/h7-12H,6,13-14H2,1-5H3,(H,32,33)/b15-10+. The fraction of sp³-hybridized carbons (Fsp3) is 0.385. The fourth-order valence-corrected chi connectivity index (χ4v) is 4.34. The van der Waals surface area contributed by atoms with E-state index >= 15 is 0 Å². The molecule has 0 bridgehead atoms. The van der Waals surface area contributed by atoms with Crippen LogP contribution in [-0.4, -0.2) is 36.3 Å². The smallest absolute Gasteiger partial charge is 0.422 e. The molecule has 0 atom stereocenters. The predicted octanol–water partition coefficient (Wildman–Crippen LogP) is 6.13. The first-order valence-corrected chi connectivity index (χ1v) is 10.9. The number of anilines is 1. The van der Waals surface area contributed by atoms with E-state index < -0.39 is 18.8 Å². The number of halogens is 3. The van der Waals surface area contributed by atoms with Crippen molar-refractivity contribution in [3.05, 3.63) is 53.1 Å². The van der Waals surface area contributed by atoms with Gasteiger partial charge < -0.3 is 14.7 Å². The Morgan fingerprint density at radius 3 is 2.47 bits per heavy atom. The summed E-state index contributed by atoms with van der Waals surface area (Å²) < 4.78 is 43.9. The van der Waals surface area contributed by atoms with Gasteiger partial charge in [-0.25, -0.2) is 4.79 Å². The number of hydrogen-bond donors (Lipinski definition) is 1. The van der Waals surface area contributed by atoms with E-state index in [1.165, 1.54) is 12.1 Å². The zero-order chi connectivity index (χ0) is 25.4. The Morgan fingerprint density at radius 1 is 1.21 bits per heavy atom. The molecule has 5 nitrogen and oxygen atoms in total. The summed E-state index contributed by atoms with van der Waals surface area (Å²) >= 11 is 0. The van der Waals surface area contributed by atoms with Crippen LogP contribution in [0, 0.1) is 6.92 Å². The zero-order valence-electron chi connectivity index (χ0n) is 19.8. The number of carbonyl (C=O) groups excluding carboxylic acids is 1. The Morgan fingerprint density at radius 2 is 1.88 bits per heavy atom. The van der Waals surface area contributed by atoms with Crippen LogP contribution in [0.15, 0.2) is 36.4 Å². The second-order valence-electron chi connectivity index (χ2n) is 9.16. The molecule has 1 N–H and O–H groups in total. The number of ether oxygens (including phenoxy) is 1. The molecule has 1 heterocycles. The second-order valence-corrected chi connectivity index (χ2v) is 9.16. The average molecular weight is 476 g/mol. The number of amides is 1. The highest BCUT2D eigenvalue weighted by Gasteiger charge is 2.37. The van der Waals surface area contributed by atoms with Crippen molar-refractivity contribution in [2.75, 3.05) is 18.1 Å². The number of hydrogen-bond acceptors (Lipinski definition) is 3. The van der Waals surface area contributed by atoms with Crippen molar-refractivity contribution in [1.82, 2.24) is 0 Å². The molecule has 0 radical (unpaired) electrons. The number of aryl methyl sites for hydroxylation is 1. The Balaban J connectivity index is 2.24. The number of rotatable bonds is 6. The molecule has 182 valence electrons. The van der Waals surface area contributed by atoms with E-state index in [4.69, 9.17) is 9.84 Å². The molecule has 0 unspecified atom stereocenters. The largest absolute Gasteiger partial charge is 0.483 e. The summed E-state index contributed by atoms with van der Waals surface area (Å²) in [7, 11) is 0. The number of fused-ring (bicyclic) bond motifs is 1. The minimum Gasteiger partial charge on any atom is -0.483 e. The van der Waals surface area contributed by atoms with Crippen LogP contribution >= 0.6 is 0 Å². The van der Waals surface area contributed by atoms with E-state index in [-0.39, 0.29) is 17.1 Å². The molecule has 0 spiro atoms. The molecular formula is C26H28F3NO4. The Labute approximate surface area is 196 Å². The van der Waals surface area contributed by atoms with E-state index in [0.717, 1.165) is 17.2 Å². The highest BCUT2D eigenvalue weighted by atomic mass is 19.4. The molecule has 2 aromatic carbocycles. The molecule has 0 aliphatic carbocycles. The number of alkyl halides is 3. The third-order valence-corrected chi connectivity index (χ3v) is 6.03. The van der Waals surface area contributed by atoms with Gasteiger partial charge in [0.2, 0.25) is 5.91 Å². The first kappa shape index (κ1) is 25.3. The van der Waals surface area contributed by atoms with Crippen molar-refractivity contribution in [1.29, 1.82) is 0 Å². The Hall–Kier alpha value is -3.29. The molecule has 1 amide bonds. The van der Waals surface area contributed by atoms with Gasteiger partial charge in [-0.1, -0.05) is 26.0 Å². The molecule has 0 aromatic heterocycles. The first-order chi connectivity index (χ1) is 15.7. The van der Waals surface area contributed by atoms with Gasteiger partial charge in [-0.3, -0.25) is 4.79 Å². The van der Waals surface area contributed by atoms with Gasteiger partial charge in [0.1, 0.15) is 5.75 Å². The van der Waals surface area contributed by atoms with Gasteiger partial charge in [0.25, 0.3) is 0 Å². The van der Waals surface area contributed by atoms with Crippen molar-refractivity contribution in [3.8, 4) is 16.9 Å². The molecule has 0 saturated carbocycles. The number of benzene rings is 2. The number of carboxylic acid groups (broad SMARTS) is 1. The lowest BCUT2D eigenvalue weighted by molar-refractivity contribution is -0.153. The first-order valence-electron chi connectivity index (χ1n) is 10.9. The monoisotopic (exact) mass is 475 g/mol. The summed E-state index contributed by atoms with van der Waals surface area (Å²) in [4.78, 5) is 25.6. The van der Waals surface area contributed by atoms with E-state index in [2.05, 4.69) is 0 Å². The number of carboxylic acids is 1. The molecule has 8 heteroatoms. The van der Waals surface area contributed by atoms with Gasteiger partial charge in [-0.15, -0.1) is 0 Å². The highest BCUT2D eigenvalue weighted by molar-refractivity contribution is 5.99. The lowest BCUT2D eigenvalue weighted by atomic mass is 9.75. The molecule has 34 heavy (non-hydrogen) atoms. The topological polar surface area (TPSA) is 66.8 Å². The molecule has 0 saturated heterocycles. The van der Waals surface area contributed by atoms with Gasteiger partial charge in [0, 0.05) is 35.7 Å². The van der Waals surface area contributed by atoms with Crippen molar-refractivity contribution in [2.45, 2.75) is 52.6 Å². The van der Waals surface area contributed by atoms with Crippen LogP contribution in [0.4, 0.5) is 18.9 Å². The van der Waals surface area contributed by atoms with Crippen molar-refractivity contribution >= 4 is 23.1 Å². The quantitative estimate of drug-likeness (QED) is 0.511. The highest BCUT2D eigenvalue weighted by Crippen LogP contribution is 2.45. The Bertz CT molecular complexity index is 1170. The maximum atomic E-state index is 12.9. The predicted molar refractivity (Wildman–Crippen MR) is 125 cm³/mol. The fourth-order valence-electron chi connectivity index (χ4n) is 4.34. The molecular weight excluding hydrogens is 447 g/mol. The lowest BCUT2D eigenvalue weighted by Crippen LogP contribution is -2.41. The summed E-state index contributed by atoms with van der Waals surface area (Å²) in [6.07, 6.45) is -3.12. The van der Waals surface area contributed by atoms with E-state index in [9.17, 15) is 22.8 Å². The van der Waals surface area contributed by atoms with Gasteiger partial charge in [-0.2, -0.15) is 13.2 Å². The number of allylic oxidation sites excluding steroid dienone is 1. The SMILES string of the molecule is CCN1C(=O)CC(C)(C)c2cc(C)c(-c3cc(/C(C)=C/C(=O)O)ccc3OCC(F)(F)F)cc21. The van der Waals surface area contributed by atoms with Crippen LogP contribution < -0.4 is 9.64 Å². The maximum absolute atomic E-state index is 12.9. The van der Waals surface area contributed by atoms with Crippen LogP contribution in [0.1, 0.15) is 50.8 Å². The number of aliphatic carboxylic acids is 1. The van der Waals surface area contributed by atoms with Crippen LogP contribution in [-0.2, 0) is 15.0 Å². The van der Waals surface area contributed by atoms with E-state index in [1.54, 1.807) is 17.9 Å². The minimum absolute atomic E-state index is 0.0164. The molecule has 2 aromatic rings. The van der Waals surface area contributed by atoms with Crippen LogP contribution in [0.2, 0.25) is 0 Å². The van der Waals surface area contributed by atoms with Crippen LogP contribution in [0.5, 0.6) is 5.75 Å². The zero-order valence-corrected chi connectivity index (χ0v) is 19.8. The summed E-state index contributed by atoms with van der Waals surface area (Å²) in [6.45, 7) is 8.34. The lowest BCUT2D eigenvalue weighted by Gasteiger charge is -2.39. The molecule has 0 fully saturated rings. The maximum Gasteiger partial charge on any atom is 0.422 e. The third-order valence-electron chi connectivity index (χ3n) is 6.03. The van der Waals surface area contributed by atoms with Crippen LogP contribution in [0.25, 0.3) is 16.7 Å². The van der Waals surface area contributed by atoms with Crippen molar-refractivity contribution in [2.24, 2.45) is 0 Å². The summed E-state index contributed by atoms with van der Waals surface area (Å²) in [5, 5.41) is 9.10. The third kappa shape index (κ3) is 5.26. The average Bonchev–Trinajstić information content (AvgIpc) is 2.71. The summed E-state index contributed by atoms with van der Waals surface area (Å²) in [5.41, 5.74) is 4.12. The Kier molecular flexibility index (Phi) is 6.82. The summed E-state index contributed by atoms with van der Waals surface area (Å²) in [6, 6.07) is 8.37. The number of nitrogens with zero attached hydrogens (tertiary/aromatic N) is 1. The van der Waals surface area contributed by atoms with Gasteiger partial charge >= 0.3 is 12.1 Å². The van der Waals surface area contributed by atoms with Crippen LogP contribution in [0.3, 0.4) is 0 Å². The summed E-state index contributed by atoms with van der Waals surface area (Å²) in [5.74, 6) is -1.12. The molecule has 1 aliphatic heterocycles.